The molecule has 38 heavy (non-hydrogen) atoms. The number of aryl methyl sites for hydroxylation is 2. The number of fused-ring (bicyclic) bond motifs is 4. The molecule has 4 aromatic rings. The summed E-state index contributed by atoms with van der Waals surface area (Å²) in [6.07, 6.45) is 5.67. The molecule has 10 heteroatoms. The summed E-state index contributed by atoms with van der Waals surface area (Å²) in [5.74, 6) is -0.0320. The fraction of sp³-hybridized carbons (Fsp3) is 0.357. The molecule has 0 spiro atoms. The van der Waals surface area contributed by atoms with Gasteiger partial charge in [0.05, 0.1) is 29.5 Å². The summed E-state index contributed by atoms with van der Waals surface area (Å²) in [7, 11) is 1.36. The highest BCUT2D eigenvalue weighted by Gasteiger charge is 2.29. The van der Waals surface area contributed by atoms with Gasteiger partial charge in [-0.2, -0.15) is 0 Å². The number of hydrogen-bond donors (Lipinski definition) is 1. The normalized spacial score (nSPS) is 16.3. The lowest BCUT2D eigenvalue weighted by Crippen LogP contribution is -2.23. The Morgan fingerprint density at radius 1 is 1.13 bits per heavy atom. The molecule has 1 atom stereocenters. The van der Waals surface area contributed by atoms with Crippen LogP contribution in [0.2, 0.25) is 0 Å². The van der Waals surface area contributed by atoms with Gasteiger partial charge in [0.25, 0.3) is 5.56 Å². The van der Waals surface area contributed by atoms with Crippen LogP contribution in [0.15, 0.2) is 40.3 Å². The first-order valence-corrected chi connectivity index (χ1v) is 15.3. The van der Waals surface area contributed by atoms with E-state index in [1.54, 1.807) is 15.9 Å². The Bertz CT molecular complexity index is 1620. The Labute approximate surface area is 232 Å². The van der Waals surface area contributed by atoms with Crippen LogP contribution < -0.4 is 10.9 Å². The molecule has 0 aliphatic heterocycles. The number of benzene rings is 1. The zero-order chi connectivity index (χ0) is 26.4. The van der Waals surface area contributed by atoms with Crippen LogP contribution in [0.25, 0.3) is 15.9 Å². The number of nitrogens with zero attached hydrogens (tertiary/aromatic N) is 2. The molecule has 196 valence electrons. The minimum absolute atomic E-state index is 0.0517. The fourth-order valence-corrected chi connectivity index (χ4v) is 8.91. The summed E-state index contributed by atoms with van der Waals surface area (Å²) in [5.41, 5.74) is 3.24. The second-order valence-electron chi connectivity index (χ2n) is 9.79. The highest BCUT2D eigenvalue weighted by Crippen LogP contribution is 2.40. The number of thiophene rings is 2. The number of ether oxygens (including phenoxy) is 1. The largest absolute Gasteiger partial charge is 0.465 e. The number of esters is 1. The highest BCUT2D eigenvalue weighted by molar-refractivity contribution is 7.99. The van der Waals surface area contributed by atoms with E-state index in [9.17, 15) is 14.4 Å². The van der Waals surface area contributed by atoms with Gasteiger partial charge < -0.3 is 10.1 Å². The molecule has 6 rings (SSSR count). The Balaban J connectivity index is 1.33. The van der Waals surface area contributed by atoms with Crippen molar-refractivity contribution in [2.45, 2.75) is 50.6 Å². The number of para-hydroxylation sites is 1. The highest BCUT2D eigenvalue weighted by atomic mass is 32.2. The van der Waals surface area contributed by atoms with E-state index >= 15 is 0 Å². The number of carbonyl (C=O) groups excluding carboxylic acids is 2. The van der Waals surface area contributed by atoms with Crippen LogP contribution in [0.5, 0.6) is 0 Å². The summed E-state index contributed by atoms with van der Waals surface area (Å²) >= 11 is 4.29. The van der Waals surface area contributed by atoms with Gasteiger partial charge in [0.2, 0.25) is 5.91 Å². The molecule has 1 unspecified atom stereocenters. The summed E-state index contributed by atoms with van der Waals surface area (Å²) in [6, 6.07) is 9.46. The van der Waals surface area contributed by atoms with Crippen LogP contribution in [-0.4, -0.2) is 34.3 Å². The lowest BCUT2D eigenvalue weighted by molar-refractivity contribution is -0.113. The van der Waals surface area contributed by atoms with E-state index in [-0.39, 0.29) is 17.2 Å². The number of anilines is 1. The van der Waals surface area contributed by atoms with Crippen molar-refractivity contribution in [3.8, 4) is 5.69 Å². The molecular formula is C28H27N3O4S3. The maximum Gasteiger partial charge on any atom is 0.341 e. The Kier molecular flexibility index (Phi) is 6.88. The topological polar surface area (TPSA) is 90.3 Å². The lowest BCUT2D eigenvalue weighted by atomic mass is 9.89. The number of hydrogen-bond acceptors (Lipinski definition) is 8. The first-order chi connectivity index (χ1) is 18.4. The summed E-state index contributed by atoms with van der Waals surface area (Å²) in [6.45, 7) is 2.25. The standard InChI is InChI=1S/C28H27N3O4S3/c1-15-11-12-18-20(13-15)38-24-22(18)26(33)31(16-7-4-3-5-8-16)28(30-24)36-14-21(32)29-25-23(27(34)35-2)17-9-6-10-19(17)37-25/h3-5,7-8,15H,6,9-14H2,1-2H3,(H,29,32). The third-order valence-electron chi connectivity index (χ3n) is 7.21. The van der Waals surface area contributed by atoms with Crippen LogP contribution in [0, 0.1) is 5.92 Å². The number of aromatic nitrogens is 2. The van der Waals surface area contributed by atoms with E-state index in [0.717, 1.165) is 65.0 Å². The van der Waals surface area contributed by atoms with Crippen molar-refractivity contribution in [2.75, 3.05) is 18.2 Å². The van der Waals surface area contributed by atoms with E-state index in [0.29, 0.717) is 27.0 Å². The molecule has 1 aromatic carbocycles. The molecule has 7 nitrogen and oxygen atoms in total. The van der Waals surface area contributed by atoms with Gasteiger partial charge in [0.1, 0.15) is 9.83 Å². The predicted molar refractivity (Wildman–Crippen MR) is 153 cm³/mol. The fourth-order valence-electron chi connectivity index (χ4n) is 5.38. The van der Waals surface area contributed by atoms with E-state index in [1.165, 1.54) is 35.1 Å². The van der Waals surface area contributed by atoms with Crippen molar-refractivity contribution in [2.24, 2.45) is 5.92 Å². The van der Waals surface area contributed by atoms with Gasteiger partial charge in [-0.05, 0) is 67.7 Å². The van der Waals surface area contributed by atoms with Crippen LogP contribution in [0.4, 0.5) is 5.00 Å². The quantitative estimate of drug-likeness (QED) is 0.185. The molecule has 0 fully saturated rings. The second-order valence-corrected chi connectivity index (χ2v) is 12.9. The lowest BCUT2D eigenvalue weighted by Gasteiger charge is -2.17. The van der Waals surface area contributed by atoms with Crippen LogP contribution in [0.1, 0.15) is 51.0 Å². The molecule has 0 radical (unpaired) electrons. The van der Waals surface area contributed by atoms with Crippen LogP contribution >= 0.6 is 34.4 Å². The first-order valence-electron chi connectivity index (χ1n) is 12.7. The Morgan fingerprint density at radius 2 is 1.95 bits per heavy atom. The van der Waals surface area contributed by atoms with E-state index in [4.69, 9.17) is 9.72 Å². The Morgan fingerprint density at radius 3 is 2.74 bits per heavy atom. The molecule has 0 bridgehead atoms. The molecule has 2 aliphatic carbocycles. The van der Waals surface area contributed by atoms with Crippen LogP contribution in [-0.2, 0) is 35.2 Å². The van der Waals surface area contributed by atoms with Crippen molar-refractivity contribution in [1.82, 2.24) is 9.55 Å². The molecule has 3 aromatic heterocycles. The summed E-state index contributed by atoms with van der Waals surface area (Å²) in [5, 5.41) is 4.66. The third-order valence-corrected chi connectivity index (χ3v) is 10.5. The van der Waals surface area contributed by atoms with Crippen molar-refractivity contribution < 1.29 is 14.3 Å². The molecular weight excluding hydrogens is 539 g/mol. The van der Waals surface area contributed by atoms with Crippen molar-refractivity contribution >= 4 is 61.5 Å². The molecule has 1 N–H and O–H groups in total. The number of methoxy groups -OCH3 is 1. The molecule has 0 saturated heterocycles. The molecule has 3 heterocycles. The number of nitrogens with one attached hydrogen (secondary N) is 1. The maximum absolute atomic E-state index is 13.9. The zero-order valence-electron chi connectivity index (χ0n) is 21.2. The molecule has 1 amide bonds. The van der Waals surface area contributed by atoms with Gasteiger partial charge in [-0.15, -0.1) is 22.7 Å². The van der Waals surface area contributed by atoms with Gasteiger partial charge in [-0.1, -0.05) is 36.9 Å². The summed E-state index contributed by atoms with van der Waals surface area (Å²) in [4.78, 5) is 47.5. The third kappa shape index (κ3) is 4.48. The van der Waals surface area contributed by atoms with Gasteiger partial charge in [-0.3, -0.25) is 14.2 Å². The molecule has 2 aliphatic rings. The smallest absolute Gasteiger partial charge is 0.341 e. The van der Waals surface area contributed by atoms with Gasteiger partial charge in [-0.25, -0.2) is 9.78 Å². The van der Waals surface area contributed by atoms with Crippen LogP contribution in [0.3, 0.4) is 0 Å². The minimum atomic E-state index is -0.423. The number of amides is 1. The summed E-state index contributed by atoms with van der Waals surface area (Å²) < 4.78 is 6.63. The van der Waals surface area contributed by atoms with Gasteiger partial charge in [0.15, 0.2) is 5.16 Å². The van der Waals surface area contributed by atoms with Gasteiger partial charge >= 0.3 is 5.97 Å². The SMILES string of the molecule is COC(=O)c1c(NC(=O)CSc2nc3sc4c(c3c(=O)n2-c2ccccc2)CCC(C)C4)sc2c1CCC2. The van der Waals surface area contributed by atoms with Gasteiger partial charge in [0, 0.05) is 9.75 Å². The number of thioether (sulfide) groups is 1. The number of rotatable bonds is 6. The van der Waals surface area contributed by atoms with E-state index in [2.05, 4.69) is 12.2 Å². The second kappa shape index (κ2) is 10.3. The van der Waals surface area contributed by atoms with E-state index in [1.807, 2.05) is 30.3 Å². The first kappa shape index (κ1) is 25.3. The number of carbonyl (C=O) groups is 2. The zero-order valence-corrected chi connectivity index (χ0v) is 23.6. The van der Waals surface area contributed by atoms with Crippen molar-refractivity contribution in [3.05, 3.63) is 67.1 Å². The van der Waals surface area contributed by atoms with Crippen molar-refractivity contribution in [3.63, 3.8) is 0 Å². The monoisotopic (exact) mass is 565 g/mol. The average molecular weight is 566 g/mol. The molecule has 0 saturated carbocycles. The predicted octanol–water partition coefficient (Wildman–Crippen LogP) is 5.64. The van der Waals surface area contributed by atoms with Crippen molar-refractivity contribution in [1.29, 1.82) is 0 Å². The average Bonchev–Trinajstić information content (AvgIpc) is 3.60. The van der Waals surface area contributed by atoms with E-state index < -0.39 is 5.97 Å². The maximum atomic E-state index is 13.9. The Hall–Kier alpha value is -2.95. The minimum Gasteiger partial charge on any atom is -0.465 e.